The van der Waals surface area contributed by atoms with Crippen LogP contribution in [0.4, 0.5) is 0 Å². The normalized spacial score (nSPS) is 12.4. The number of carbonyl (C=O) groups is 2. The number of unbranched alkanes of at least 4 members (excludes halogenated alkanes) is 28. The van der Waals surface area contributed by atoms with E-state index >= 15 is 0 Å². The standard InChI is InChI=1S/C39H77NO6/c1-3-5-7-9-11-13-15-17-19-21-23-25-27-29-31-33-37(43)45-39(40,36(42)35-41)46-38(44)34-32-30-28-26-24-22-20-18-16-14-12-10-8-6-4-2/h36,41-42H,3-35,40H2,1-2H3. The van der Waals surface area contributed by atoms with Gasteiger partial charge in [-0.1, -0.05) is 194 Å². The number of aliphatic hydroxyl groups excluding tert-OH is 2. The fraction of sp³-hybridized carbons (Fsp3) is 0.949. The van der Waals surface area contributed by atoms with Gasteiger partial charge >= 0.3 is 17.8 Å². The molecule has 0 aliphatic rings. The minimum atomic E-state index is -2.37. The van der Waals surface area contributed by atoms with Crippen molar-refractivity contribution in [2.45, 2.75) is 231 Å². The quantitative estimate of drug-likeness (QED) is 0.0349. The second-order valence-corrected chi connectivity index (χ2v) is 13.8. The Bertz CT molecular complexity index is 625. The maximum Gasteiger partial charge on any atom is 0.344 e. The molecule has 0 fully saturated rings. The van der Waals surface area contributed by atoms with Gasteiger partial charge in [0.25, 0.3) is 0 Å². The third-order valence-electron chi connectivity index (χ3n) is 9.15. The van der Waals surface area contributed by atoms with Gasteiger partial charge in [0.2, 0.25) is 0 Å². The predicted octanol–water partition coefficient (Wildman–Crippen LogP) is 10.6. The van der Waals surface area contributed by atoms with Crippen LogP contribution in [0.25, 0.3) is 0 Å². The summed E-state index contributed by atoms with van der Waals surface area (Å²) < 4.78 is 10.4. The molecule has 0 rings (SSSR count). The van der Waals surface area contributed by atoms with Crippen LogP contribution in [0.1, 0.15) is 219 Å². The molecule has 0 spiro atoms. The first kappa shape index (κ1) is 44.8. The first-order valence-corrected chi connectivity index (χ1v) is 19.9. The van der Waals surface area contributed by atoms with Crippen molar-refractivity contribution in [1.82, 2.24) is 0 Å². The summed E-state index contributed by atoms with van der Waals surface area (Å²) in [7, 11) is 0. The van der Waals surface area contributed by atoms with Crippen molar-refractivity contribution in [3.63, 3.8) is 0 Å². The van der Waals surface area contributed by atoms with Crippen LogP contribution >= 0.6 is 0 Å². The van der Waals surface area contributed by atoms with Crippen molar-refractivity contribution in [3.8, 4) is 0 Å². The summed E-state index contributed by atoms with van der Waals surface area (Å²) >= 11 is 0. The molecule has 1 unspecified atom stereocenters. The second-order valence-electron chi connectivity index (χ2n) is 13.8. The summed E-state index contributed by atoms with van der Waals surface area (Å²) in [6, 6.07) is 0. The third-order valence-corrected chi connectivity index (χ3v) is 9.15. The molecule has 0 aliphatic heterocycles. The molecule has 0 saturated heterocycles. The van der Waals surface area contributed by atoms with Gasteiger partial charge in [0.1, 0.15) is 0 Å². The predicted molar refractivity (Wildman–Crippen MR) is 191 cm³/mol. The lowest BCUT2D eigenvalue weighted by Crippen LogP contribution is -2.58. The second kappa shape index (κ2) is 33.7. The van der Waals surface area contributed by atoms with E-state index in [2.05, 4.69) is 13.8 Å². The molecule has 0 radical (unpaired) electrons. The summed E-state index contributed by atoms with van der Waals surface area (Å²) in [5, 5.41) is 19.6. The molecule has 0 aromatic rings. The van der Waals surface area contributed by atoms with E-state index in [0.29, 0.717) is 12.8 Å². The number of hydrogen-bond donors (Lipinski definition) is 3. The molecule has 0 aliphatic carbocycles. The van der Waals surface area contributed by atoms with Gasteiger partial charge in [-0.05, 0) is 12.8 Å². The van der Waals surface area contributed by atoms with Crippen LogP contribution in [-0.2, 0) is 19.1 Å². The average Bonchev–Trinajstić information content (AvgIpc) is 3.04. The van der Waals surface area contributed by atoms with Gasteiger partial charge in [0.15, 0.2) is 6.10 Å². The molecule has 4 N–H and O–H groups in total. The van der Waals surface area contributed by atoms with E-state index in [0.717, 1.165) is 38.5 Å². The van der Waals surface area contributed by atoms with Crippen LogP contribution in [0, 0.1) is 0 Å². The van der Waals surface area contributed by atoms with Gasteiger partial charge in [-0.3, -0.25) is 15.3 Å². The van der Waals surface area contributed by atoms with E-state index in [-0.39, 0.29) is 12.8 Å². The van der Waals surface area contributed by atoms with E-state index in [4.69, 9.17) is 15.2 Å². The molecule has 0 amide bonds. The van der Waals surface area contributed by atoms with Gasteiger partial charge in [0, 0.05) is 12.8 Å². The van der Waals surface area contributed by atoms with Crippen LogP contribution in [0.3, 0.4) is 0 Å². The number of carbonyl (C=O) groups excluding carboxylic acids is 2. The van der Waals surface area contributed by atoms with E-state index in [1.165, 1.54) is 141 Å². The van der Waals surface area contributed by atoms with Gasteiger partial charge in [-0.2, -0.15) is 0 Å². The molecule has 0 bridgehead atoms. The lowest BCUT2D eigenvalue weighted by Gasteiger charge is -2.31. The number of aliphatic hydroxyl groups is 2. The zero-order chi connectivity index (χ0) is 34.0. The lowest BCUT2D eigenvalue weighted by molar-refractivity contribution is -0.263. The third kappa shape index (κ3) is 29.0. The zero-order valence-electron chi connectivity index (χ0n) is 30.5. The molecule has 7 nitrogen and oxygen atoms in total. The minimum Gasteiger partial charge on any atom is -0.406 e. The molecule has 46 heavy (non-hydrogen) atoms. The van der Waals surface area contributed by atoms with E-state index < -0.39 is 30.6 Å². The van der Waals surface area contributed by atoms with Crippen molar-refractivity contribution in [1.29, 1.82) is 0 Å². The first-order chi connectivity index (χ1) is 22.4. The van der Waals surface area contributed by atoms with Crippen LogP contribution in [0.2, 0.25) is 0 Å². The van der Waals surface area contributed by atoms with Crippen LogP contribution in [0.15, 0.2) is 0 Å². The Balaban J connectivity index is 3.87. The molecule has 0 aromatic carbocycles. The summed E-state index contributed by atoms with van der Waals surface area (Å²) in [5.74, 6) is -3.64. The monoisotopic (exact) mass is 656 g/mol. The number of nitrogens with two attached hydrogens (primary N) is 1. The highest BCUT2D eigenvalue weighted by Gasteiger charge is 2.42. The largest absolute Gasteiger partial charge is 0.406 e. The van der Waals surface area contributed by atoms with E-state index in [9.17, 15) is 19.8 Å². The first-order valence-electron chi connectivity index (χ1n) is 19.9. The summed E-state index contributed by atoms with van der Waals surface area (Å²) in [6.07, 6.45) is 35.6. The van der Waals surface area contributed by atoms with E-state index in [1.807, 2.05) is 0 Å². The molecule has 274 valence electrons. The molecule has 0 heterocycles. The maximum absolute atomic E-state index is 12.4. The van der Waals surface area contributed by atoms with Crippen molar-refractivity contribution < 1.29 is 29.3 Å². The Hall–Kier alpha value is -1.18. The zero-order valence-corrected chi connectivity index (χ0v) is 30.5. The highest BCUT2D eigenvalue weighted by atomic mass is 16.8. The topological polar surface area (TPSA) is 119 Å². The van der Waals surface area contributed by atoms with Crippen molar-refractivity contribution in [2.24, 2.45) is 5.73 Å². The average molecular weight is 656 g/mol. The van der Waals surface area contributed by atoms with Crippen LogP contribution < -0.4 is 5.73 Å². The van der Waals surface area contributed by atoms with Gasteiger partial charge < -0.3 is 19.7 Å². The fourth-order valence-electron chi connectivity index (χ4n) is 6.02. The highest BCUT2D eigenvalue weighted by molar-refractivity contribution is 5.72. The summed E-state index contributed by atoms with van der Waals surface area (Å²) in [5.41, 5.74) is 5.97. The van der Waals surface area contributed by atoms with E-state index in [1.54, 1.807) is 0 Å². The summed E-state index contributed by atoms with van der Waals surface area (Å²) in [4.78, 5) is 24.8. The Morgan fingerprint density at radius 3 is 0.913 bits per heavy atom. The lowest BCUT2D eigenvalue weighted by atomic mass is 10.0. The number of ether oxygens (including phenoxy) is 2. The van der Waals surface area contributed by atoms with Crippen LogP contribution in [-0.4, -0.2) is 40.8 Å². The molecular weight excluding hydrogens is 578 g/mol. The smallest absolute Gasteiger partial charge is 0.344 e. The molecular formula is C39H77NO6. The Kier molecular flexibility index (Phi) is 32.8. The van der Waals surface area contributed by atoms with Crippen LogP contribution in [0.5, 0.6) is 0 Å². The number of esters is 2. The van der Waals surface area contributed by atoms with Gasteiger partial charge in [0.05, 0.1) is 6.61 Å². The number of hydrogen-bond acceptors (Lipinski definition) is 7. The Labute approximate surface area is 284 Å². The highest BCUT2D eigenvalue weighted by Crippen LogP contribution is 2.19. The van der Waals surface area contributed by atoms with Gasteiger partial charge in [-0.25, -0.2) is 0 Å². The Morgan fingerprint density at radius 1 is 0.478 bits per heavy atom. The maximum atomic E-state index is 12.4. The Morgan fingerprint density at radius 2 is 0.696 bits per heavy atom. The van der Waals surface area contributed by atoms with Crippen molar-refractivity contribution in [3.05, 3.63) is 0 Å². The number of rotatable bonds is 36. The SMILES string of the molecule is CCCCCCCCCCCCCCCCCC(=O)OC(N)(OC(=O)CCCCCCCCCCCCCCCCC)C(O)CO. The summed E-state index contributed by atoms with van der Waals surface area (Å²) in [6.45, 7) is 3.73. The fourth-order valence-corrected chi connectivity index (χ4v) is 6.02. The molecule has 0 aromatic heterocycles. The van der Waals surface area contributed by atoms with Crippen molar-refractivity contribution >= 4 is 11.9 Å². The molecule has 1 atom stereocenters. The molecule has 7 heteroatoms. The van der Waals surface area contributed by atoms with Gasteiger partial charge in [-0.15, -0.1) is 0 Å². The minimum absolute atomic E-state index is 0.131. The molecule has 0 saturated carbocycles. The van der Waals surface area contributed by atoms with Crippen molar-refractivity contribution in [2.75, 3.05) is 6.61 Å².